The van der Waals surface area contributed by atoms with Crippen LogP contribution in [0.25, 0.3) is 0 Å². The van der Waals surface area contributed by atoms with E-state index in [2.05, 4.69) is 15.6 Å². The van der Waals surface area contributed by atoms with Crippen molar-refractivity contribution >= 4 is 39.8 Å². The van der Waals surface area contributed by atoms with E-state index in [9.17, 15) is 12.8 Å². The first-order valence-electron chi connectivity index (χ1n) is 9.52. The number of nitrogens with zero attached hydrogens (tertiary/aromatic N) is 1. The topological polar surface area (TPSA) is 70.6 Å². The molecule has 0 bridgehead atoms. The molecule has 0 radical (unpaired) electrons. The zero-order valence-electron chi connectivity index (χ0n) is 16.4. The van der Waals surface area contributed by atoms with Gasteiger partial charge in [0.1, 0.15) is 5.82 Å². The Balaban J connectivity index is 0.00000300. The van der Waals surface area contributed by atoms with Gasteiger partial charge < -0.3 is 10.6 Å². The van der Waals surface area contributed by atoms with Gasteiger partial charge in [-0.05, 0) is 43.5 Å². The normalized spacial score (nSPS) is 15.3. The molecule has 0 amide bonds. The molecule has 0 unspecified atom stereocenters. The highest BCUT2D eigenvalue weighted by Gasteiger charge is 2.45. The van der Waals surface area contributed by atoms with E-state index in [-0.39, 0.29) is 47.5 Å². The highest BCUT2D eigenvalue weighted by molar-refractivity contribution is 14.0. The van der Waals surface area contributed by atoms with Crippen molar-refractivity contribution < 1.29 is 12.8 Å². The minimum atomic E-state index is -3.35. The van der Waals surface area contributed by atoms with Gasteiger partial charge in [0, 0.05) is 18.5 Å². The van der Waals surface area contributed by atoms with Gasteiger partial charge in [0.2, 0.25) is 0 Å². The maximum atomic E-state index is 14.1. The molecule has 2 aromatic rings. The van der Waals surface area contributed by atoms with Crippen LogP contribution in [0.4, 0.5) is 4.39 Å². The van der Waals surface area contributed by atoms with Gasteiger partial charge in [-0.1, -0.05) is 36.4 Å². The molecule has 1 saturated carbocycles. The SMILES string of the molecule is CCNC(=NCC1(c2ccccc2F)CC1)NCCS(=O)(=O)c1ccccc1.I. The Labute approximate surface area is 189 Å². The van der Waals surface area contributed by atoms with Crippen molar-refractivity contribution in [3.8, 4) is 0 Å². The number of aliphatic imine (C=N–C) groups is 1. The van der Waals surface area contributed by atoms with Crippen LogP contribution in [0.15, 0.2) is 64.5 Å². The number of hydrogen-bond acceptors (Lipinski definition) is 3. The summed E-state index contributed by atoms with van der Waals surface area (Å²) in [5, 5.41) is 6.20. The molecule has 2 N–H and O–H groups in total. The highest BCUT2D eigenvalue weighted by Crippen LogP contribution is 2.49. The van der Waals surface area contributed by atoms with E-state index in [1.54, 1.807) is 36.4 Å². The van der Waals surface area contributed by atoms with Crippen LogP contribution in [0.1, 0.15) is 25.3 Å². The Kier molecular flexibility index (Phi) is 8.45. The lowest BCUT2D eigenvalue weighted by Gasteiger charge is -2.16. The maximum absolute atomic E-state index is 14.1. The van der Waals surface area contributed by atoms with Gasteiger partial charge in [-0.3, -0.25) is 4.99 Å². The van der Waals surface area contributed by atoms with E-state index in [4.69, 9.17) is 0 Å². The van der Waals surface area contributed by atoms with Crippen LogP contribution >= 0.6 is 24.0 Å². The third-order valence-corrected chi connectivity index (χ3v) is 6.68. The van der Waals surface area contributed by atoms with E-state index in [0.29, 0.717) is 29.5 Å². The summed E-state index contributed by atoms with van der Waals surface area (Å²) in [6, 6.07) is 15.3. The van der Waals surface area contributed by atoms with Crippen molar-refractivity contribution in [3.05, 3.63) is 66.0 Å². The van der Waals surface area contributed by atoms with Gasteiger partial charge in [0.15, 0.2) is 15.8 Å². The molecule has 0 aromatic heterocycles. The fraction of sp³-hybridized carbons (Fsp3) is 0.381. The van der Waals surface area contributed by atoms with Crippen LogP contribution in [0, 0.1) is 5.82 Å². The van der Waals surface area contributed by atoms with Gasteiger partial charge in [-0.15, -0.1) is 24.0 Å². The molecule has 2 aromatic carbocycles. The minimum Gasteiger partial charge on any atom is -0.357 e. The summed E-state index contributed by atoms with van der Waals surface area (Å²) in [6.07, 6.45) is 1.80. The van der Waals surface area contributed by atoms with Gasteiger partial charge in [0.05, 0.1) is 17.2 Å². The lowest BCUT2D eigenvalue weighted by molar-refractivity contribution is 0.572. The number of halogens is 2. The van der Waals surface area contributed by atoms with Gasteiger partial charge in [-0.2, -0.15) is 0 Å². The van der Waals surface area contributed by atoms with E-state index >= 15 is 0 Å². The van der Waals surface area contributed by atoms with Crippen molar-refractivity contribution in [1.82, 2.24) is 10.6 Å². The summed E-state index contributed by atoms with van der Waals surface area (Å²) < 4.78 is 38.9. The lowest BCUT2D eigenvalue weighted by atomic mass is 9.95. The first-order valence-corrected chi connectivity index (χ1v) is 11.2. The average Bonchev–Trinajstić information content (AvgIpc) is 3.48. The molecular weight excluding hydrogens is 504 g/mol. The minimum absolute atomic E-state index is 0. The number of sulfone groups is 1. The highest BCUT2D eigenvalue weighted by atomic mass is 127. The van der Waals surface area contributed by atoms with Crippen LogP contribution < -0.4 is 10.6 Å². The smallest absolute Gasteiger partial charge is 0.191 e. The molecule has 0 saturated heterocycles. The summed E-state index contributed by atoms with van der Waals surface area (Å²) in [6.45, 7) is 3.32. The van der Waals surface area contributed by atoms with E-state index in [0.717, 1.165) is 12.8 Å². The summed E-state index contributed by atoms with van der Waals surface area (Å²) in [7, 11) is -3.35. The van der Waals surface area contributed by atoms with Crippen molar-refractivity contribution in [2.45, 2.75) is 30.1 Å². The monoisotopic (exact) mass is 531 g/mol. The predicted octanol–water partition coefficient (Wildman–Crippen LogP) is 3.50. The number of guanidine groups is 1. The molecular formula is C21H27FIN3O2S. The van der Waals surface area contributed by atoms with E-state index in [1.165, 1.54) is 6.07 Å². The molecule has 158 valence electrons. The standard InChI is InChI=1S/C21H26FN3O2S.HI/c1-2-23-20(24-14-15-28(26,27)17-8-4-3-5-9-17)25-16-21(12-13-21)18-10-6-7-11-19(18)22;/h3-11H,2,12-16H2,1H3,(H2,23,24,25);1H. The molecule has 0 aliphatic heterocycles. The second kappa shape index (κ2) is 10.4. The molecule has 0 atom stereocenters. The van der Waals surface area contributed by atoms with E-state index in [1.807, 2.05) is 19.1 Å². The fourth-order valence-electron chi connectivity index (χ4n) is 3.18. The first kappa shape index (κ1) is 23.6. The van der Waals surface area contributed by atoms with E-state index < -0.39 is 9.84 Å². The molecule has 0 spiro atoms. The van der Waals surface area contributed by atoms with Crippen LogP contribution in [0.2, 0.25) is 0 Å². The summed E-state index contributed by atoms with van der Waals surface area (Å²) in [5.41, 5.74) is 0.463. The van der Waals surface area contributed by atoms with Crippen molar-refractivity contribution in [2.75, 3.05) is 25.4 Å². The molecule has 8 heteroatoms. The Morgan fingerprint density at radius 2 is 1.72 bits per heavy atom. The molecule has 3 rings (SSSR count). The number of rotatable bonds is 8. The average molecular weight is 531 g/mol. The molecule has 29 heavy (non-hydrogen) atoms. The Bertz CT molecular complexity index is 932. The van der Waals surface area contributed by atoms with Gasteiger partial charge >= 0.3 is 0 Å². The summed E-state index contributed by atoms with van der Waals surface area (Å²) >= 11 is 0. The molecule has 5 nitrogen and oxygen atoms in total. The third-order valence-electron chi connectivity index (χ3n) is 4.95. The Morgan fingerprint density at radius 1 is 1.07 bits per heavy atom. The van der Waals surface area contributed by atoms with Crippen LogP contribution in [0.3, 0.4) is 0 Å². The van der Waals surface area contributed by atoms with Crippen LogP contribution in [0.5, 0.6) is 0 Å². The molecule has 1 aliphatic rings. The maximum Gasteiger partial charge on any atom is 0.191 e. The number of benzene rings is 2. The van der Waals surface area contributed by atoms with Crippen molar-refractivity contribution in [3.63, 3.8) is 0 Å². The Hall–Kier alpha value is -1.68. The quantitative estimate of drug-likeness (QED) is 0.311. The summed E-state index contributed by atoms with van der Waals surface area (Å²) in [5.74, 6) is 0.329. The Morgan fingerprint density at radius 3 is 2.34 bits per heavy atom. The zero-order chi connectivity index (χ0) is 20.0. The largest absolute Gasteiger partial charge is 0.357 e. The van der Waals surface area contributed by atoms with Crippen LogP contribution in [-0.4, -0.2) is 39.8 Å². The first-order chi connectivity index (χ1) is 13.5. The predicted molar refractivity (Wildman–Crippen MR) is 125 cm³/mol. The fourth-order valence-corrected chi connectivity index (χ4v) is 4.35. The second-order valence-corrected chi connectivity index (χ2v) is 9.12. The van der Waals surface area contributed by atoms with Crippen molar-refractivity contribution in [1.29, 1.82) is 0 Å². The van der Waals surface area contributed by atoms with Crippen LogP contribution in [-0.2, 0) is 15.3 Å². The van der Waals surface area contributed by atoms with Crippen molar-refractivity contribution in [2.24, 2.45) is 4.99 Å². The van der Waals surface area contributed by atoms with Gasteiger partial charge in [-0.25, -0.2) is 12.8 Å². The zero-order valence-corrected chi connectivity index (χ0v) is 19.5. The molecule has 1 fully saturated rings. The molecule has 1 aliphatic carbocycles. The summed E-state index contributed by atoms with van der Waals surface area (Å²) in [4.78, 5) is 4.91. The number of hydrogen-bond donors (Lipinski definition) is 2. The second-order valence-electron chi connectivity index (χ2n) is 7.01. The molecule has 0 heterocycles. The lowest BCUT2D eigenvalue weighted by Crippen LogP contribution is -2.40. The number of nitrogens with one attached hydrogen (secondary N) is 2. The third kappa shape index (κ3) is 6.15. The van der Waals surface area contributed by atoms with Gasteiger partial charge in [0.25, 0.3) is 0 Å².